The third-order valence-corrected chi connectivity index (χ3v) is 5.23. The van der Waals surface area contributed by atoms with Gasteiger partial charge in [-0.2, -0.15) is 0 Å². The summed E-state index contributed by atoms with van der Waals surface area (Å²) in [7, 11) is 1.86. The maximum absolute atomic E-state index is 13.2. The van der Waals surface area contributed by atoms with E-state index in [0.29, 0.717) is 42.0 Å². The normalized spacial score (nSPS) is 21.8. The zero-order chi connectivity index (χ0) is 17.3. The van der Waals surface area contributed by atoms with E-state index >= 15 is 0 Å². The fraction of sp³-hybridized carbons (Fsp3) is 0.412. The number of carbonyl (C=O) groups excluding carboxylic acids is 1. The molecule has 2 aliphatic heterocycles. The molecular formula is C17H20ClN3O2S. The van der Waals surface area contributed by atoms with Crippen molar-refractivity contribution < 1.29 is 9.53 Å². The van der Waals surface area contributed by atoms with Crippen molar-refractivity contribution in [2.45, 2.75) is 13.0 Å². The molecule has 24 heavy (non-hydrogen) atoms. The van der Waals surface area contributed by atoms with Crippen molar-refractivity contribution in [2.75, 3.05) is 33.4 Å². The Morgan fingerprint density at radius 3 is 2.67 bits per heavy atom. The number of rotatable bonds is 2. The van der Waals surface area contributed by atoms with Crippen LogP contribution in [0, 0.1) is 0 Å². The van der Waals surface area contributed by atoms with Crippen LogP contribution < -0.4 is 5.32 Å². The number of benzene rings is 1. The van der Waals surface area contributed by atoms with Crippen molar-refractivity contribution in [3.05, 3.63) is 46.1 Å². The van der Waals surface area contributed by atoms with Gasteiger partial charge >= 0.3 is 0 Å². The van der Waals surface area contributed by atoms with Crippen LogP contribution in [0.15, 0.2) is 35.5 Å². The summed E-state index contributed by atoms with van der Waals surface area (Å²) < 4.78 is 5.35. The minimum atomic E-state index is -0.349. The fourth-order valence-corrected chi connectivity index (χ4v) is 3.49. The molecular weight excluding hydrogens is 346 g/mol. The third-order valence-electron chi connectivity index (χ3n) is 4.50. The Kier molecular flexibility index (Phi) is 5.08. The average molecular weight is 366 g/mol. The molecule has 0 aliphatic carbocycles. The summed E-state index contributed by atoms with van der Waals surface area (Å²) in [5.41, 5.74) is 2.38. The van der Waals surface area contributed by atoms with Gasteiger partial charge in [-0.15, -0.1) is 0 Å². The predicted octanol–water partition coefficient (Wildman–Crippen LogP) is 2.33. The Morgan fingerprint density at radius 2 is 2.00 bits per heavy atom. The summed E-state index contributed by atoms with van der Waals surface area (Å²) in [5, 5.41) is 4.45. The van der Waals surface area contributed by atoms with Crippen LogP contribution in [0.3, 0.4) is 0 Å². The van der Waals surface area contributed by atoms with Crippen molar-refractivity contribution in [3.63, 3.8) is 0 Å². The maximum atomic E-state index is 13.2. The largest absolute Gasteiger partial charge is 0.378 e. The van der Waals surface area contributed by atoms with E-state index in [1.165, 1.54) is 0 Å². The topological polar surface area (TPSA) is 44.8 Å². The zero-order valence-electron chi connectivity index (χ0n) is 13.7. The lowest BCUT2D eigenvalue weighted by molar-refractivity contribution is -0.131. The molecule has 1 fully saturated rings. The number of ether oxygens (including phenoxy) is 1. The number of nitrogens with zero attached hydrogens (tertiary/aromatic N) is 2. The van der Waals surface area contributed by atoms with Crippen LogP contribution in [0.5, 0.6) is 0 Å². The molecule has 2 aliphatic rings. The van der Waals surface area contributed by atoms with Gasteiger partial charge in [0, 0.05) is 30.9 Å². The molecule has 0 spiro atoms. The van der Waals surface area contributed by atoms with E-state index in [2.05, 4.69) is 5.32 Å². The van der Waals surface area contributed by atoms with Gasteiger partial charge in [-0.3, -0.25) is 4.79 Å². The minimum absolute atomic E-state index is 0.00238. The summed E-state index contributed by atoms with van der Waals surface area (Å²) in [4.78, 5) is 16.8. The molecule has 0 aromatic heterocycles. The van der Waals surface area contributed by atoms with E-state index in [-0.39, 0.29) is 11.9 Å². The number of morpholine rings is 1. The van der Waals surface area contributed by atoms with Crippen LogP contribution in [0.2, 0.25) is 5.02 Å². The number of thiocarbonyl (C=S) groups is 1. The monoisotopic (exact) mass is 365 g/mol. The number of halogens is 1. The lowest BCUT2D eigenvalue weighted by Crippen LogP contribution is -2.50. The van der Waals surface area contributed by atoms with Crippen molar-refractivity contribution in [2.24, 2.45) is 0 Å². The van der Waals surface area contributed by atoms with Gasteiger partial charge in [-0.05, 0) is 30.8 Å². The number of hydrogen-bond acceptors (Lipinski definition) is 3. The molecule has 1 aromatic carbocycles. The lowest BCUT2D eigenvalue weighted by Gasteiger charge is -2.38. The molecule has 1 saturated heterocycles. The average Bonchev–Trinajstić information content (AvgIpc) is 2.60. The van der Waals surface area contributed by atoms with Gasteiger partial charge in [0.05, 0.1) is 24.8 Å². The summed E-state index contributed by atoms with van der Waals surface area (Å²) in [5.74, 6) is 0.00238. The molecule has 1 N–H and O–H groups in total. The van der Waals surface area contributed by atoms with Gasteiger partial charge in [0.1, 0.15) is 0 Å². The van der Waals surface area contributed by atoms with E-state index < -0.39 is 0 Å². The summed E-state index contributed by atoms with van der Waals surface area (Å²) in [6.07, 6.45) is 0. The Hall–Kier alpha value is -1.63. The maximum Gasteiger partial charge on any atom is 0.254 e. The first kappa shape index (κ1) is 17.2. The highest BCUT2D eigenvalue weighted by Crippen LogP contribution is 2.34. The number of hydrogen-bond donors (Lipinski definition) is 1. The van der Waals surface area contributed by atoms with Crippen molar-refractivity contribution in [1.29, 1.82) is 0 Å². The second-order valence-corrected chi connectivity index (χ2v) is 6.66. The van der Waals surface area contributed by atoms with E-state index in [9.17, 15) is 4.79 Å². The van der Waals surface area contributed by atoms with Crippen LogP contribution in [-0.2, 0) is 9.53 Å². The molecule has 1 aromatic rings. The van der Waals surface area contributed by atoms with E-state index in [4.69, 9.17) is 28.6 Å². The van der Waals surface area contributed by atoms with Gasteiger partial charge in [-0.1, -0.05) is 29.8 Å². The molecule has 0 radical (unpaired) electrons. The molecule has 7 heteroatoms. The number of amides is 1. The van der Waals surface area contributed by atoms with Gasteiger partial charge < -0.3 is 19.9 Å². The molecule has 0 bridgehead atoms. The van der Waals surface area contributed by atoms with Crippen LogP contribution in [0.1, 0.15) is 18.5 Å². The molecule has 1 amide bonds. The second-order valence-electron chi connectivity index (χ2n) is 5.87. The van der Waals surface area contributed by atoms with Crippen LogP contribution in [0.4, 0.5) is 0 Å². The van der Waals surface area contributed by atoms with E-state index in [1.54, 1.807) is 0 Å². The van der Waals surface area contributed by atoms with E-state index in [1.807, 2.05) is 48.0 Å². The van der Waals surface area contributed by atoms with Gasteiger partial charge in [0.15, 0.2) is 5.11 Å². The second kappa shape index (κ2) is 7.09. The summed E-state index contributed by atoms with van der Waals surface area (Å²) in [6.45, 7) is 4.25. The number of allylic oxidation sites excluding steroid dienone is 1. The van der Waals surface area contributed by atoms with E-state index in [0.717, 1.165) is 11.3 Å². The molecule has 128 valence electrons. The van der Waals surface area contributed by atoms with Gasteiger partial charge in [-0.25, -0.2) is 0 Å². The van der Waals surface area contributed by atoms with Crippen molar-refractivity contribution in [1.82, 2.24) is 15.1 Å². The van der Waals surface area contributed by atoms with Crippen LogP contribution in [-0.4, -0.2) is 54.2 Å². The van der Waals surface area contributed by atoms with Crippen LogP contribution in [0.25, 0.3) is 0 Å². The quantitative estimate of drug-likeness (QED) is 0.815. The first-order valence-electron chi connectivity index (χ1n) is 7.87. The Labute approximate surface area is 152 Å². The first-order chi connectivity index (χ1) is 11.5. The lowest BCUT2D eigenvalue weighted by atomic mass is 9.94. The molecule has 0 saturated carbocycles. The standard InChI is InChI=1S/C17H20ClN3O2S/c1-11-14(16(22)21-7-9-23-10-8-21)15(19-17(24)20(11)2)12-5-3-4-6-13(12)18/h3-6,15H,7-10H2,1-2H3,(H,19,24)/t15-/m0/s1. The summed E-state index contributed by atoms with van der Waals surface area (Å²) >= 11 is 11.8. The SMILES string of the molecule is CC1=C(C(=O)N2CCOCC2)[C@H](c2ccccc2Cl)NC(=S)N1C. The highest BCUT2D eigenvalue weighted by atomic mass is 35.5. The smallest absolute Gasteiger partial charge is 0.254 e. The third kappa shape index (κ3) is 3.14. The molecule has 5 nitrogen and oxygen atoms in total. The number of nitrogens with one attached hydrogen (secondary N) is 1. The highest BCUT2D eigenvalue weighted by molar-refractivity contribution is 7.80. The highest BCUT2D eigenvalue weighted by Gasteiger charge is 2.35. The van der Waals surface area contributed by atoms with Gasteiger partial charge in [0.2, 0.25) is 0 Å². The fourth-order valence-electron chi connectivity index (χ4n) is 2.99. The van der Waals surface area contributed by atoms with Crippen molar-refractivity contribution in [3.8, 4) is 0 Å². The Bertz CT molecular complexity index is 701. The van der Waals surface area contributed by atoms with Crippen LogP contribution >= 0.6 is 23.8 Å². The predicted molar refractivity (Wildman–Crippen MR) is 97.8 cm³/mol. The molecule has 3 rings (SSSR count). The minimum Gasteiger partial charge on any atom is -0.378 e. The Balaban J connectivity index is 2.04. The molecule has 0 unspecified atom stereocenters. The zero-order valence-corrected chi connectivity index (χ0v) is 15.3. The summed E-state index contributed by atoms with van der Waals surface area (Å²) in [6, 6.07) is 7.19. The van der Waals surface area contributed by atoms with Crippen molar-refractivity contribution >= 4 is 34.8 Å². The Morgan fingerprint density at radius 1 is 1.33 bits per heavy atom. The molecule has 1 atom stereocenters. The number of carbonyl (C=O) groups is 1. The van der Waals surface area contributed by atoms with Gasteiger partial charge in [0.25, 0.3) is 5.91 Å². The first-order valence-corrected chi connectivity index (χ1v) is 8.65. The molecule has 2 heterocycles.